The first-order valence-corrected chi connectivity index (χ1v) is 10.5. The van der Waals surface area contributed by atoms with Crippen molar-refractivity contribution in [1.29, 1.82) is 0 Å². The third kappa shape index (κ3) is 4.19. The maximum absolute atomic E-state index is 14.0. The van der Waals surface area contributed by atoms with Crippen molar-refractivity contribution in [3.63, 3.8) is 0 Å². The van der Waals surface area contributed by atoms with Crippen molar-refractivity contribution in [2.75, 3.05) is 0 Å². The van der Waals surface area contributed by atoms with E-state index in [0.717, 1.165) is 35.0 Å². The predicted molar refractivity (Wildman–Crippen MR) is 121 cm³/mol. The van der Waals surface area contributed by atoms with Gasteiger partial charge in [-0.1, -0.05) is 49.7 Å². The zero-order valence-electron chi connectivity index (χ0n) is 17.9. The summed E-state index contributed by atoms with van der Waals surface area (Å²) in [6.45, 7) is 6.01. The van der Waals surface area contributed by atoms with Crippen LogP contribution < -0.4 is 5.32 Å². The van der Waals surface area contributed by atoms with Gasteiger partial charge in [0.05, 0.1) is 11.1 Å². The standard InChI is InChI=1S/C25H25FN4O/c1-4-9-17(3)27-25(31)21-14-16(2)22-23(18-10-6-5-7-11-18)29-30(24(22)28-21)20-13-8-12-19(26)15-20/h5-8,10-15,17H,4,9H2,1-3H3,(H,27,31)/t17-/m1/s1. The number of benzene rings is 2. The van der Waals surface area contributed by atoms with Gasteiger partial charge in [-0.15, -0.1) is 0 Å². The highest BCUT2D eigenvalue weighted by Gasteiger charge is 2.21. The van der Waals surface area contributed by atoms with E-state index in [9.17, 15) is 9.18 Å². The van der Waals surface area contributed by atoms with Crippen molar-refractivity contribution >= 4 is 16.9 Å². The number of hydrogen-bond acceptors (Lipinski definition) is 3. The molecule has 4 aromatic rings. The Bertz CT molecular complexity index is 1230. The second-order valence-corrected chi connectivity index (χ2v) is 7.79. The lowest BCUT2D eigenvalue weighted by molar-refractivity contribution is 0.0933. The summed E-state index contributed by atoms with van der Waals surface area (Å²) in [5, 5.41) is 8.62. The second-order valence-electron chi connectivity index (χ2n) is 7.79. The Morgan fingerprint density at radius 3 is 2.61 bits per heavy atom. The van der Waals surface area contributed by atoms with Gasteiger partial charge in [0.25, 0.3) is 5.91 Å². The Morgan fingerprint density at radius 2 is 1.90 bits per heavy atom. The summed E-state index contributed by atoms with van der Waals surface area (Å²) in [6.07, 6.45) is 1.88. The molecule has 158 valence electrons. The van der Waals surface area contributed by atoms with E-state index >= 15 is 0 Å². The van der Waals surface area contributed by atoms with E-state index in [1.165, 1.54) is 12.1 Å². The van der Waals surface area contributed by atoms with Gasteiger partial charge in [-0.2, -0.15) is 5.10 Å². The molecule has 0 bridgehead atoms. The van der Waals surface area contributed by atoms with E-state index in [-0.39, 0.29) is 17.8 Å². The average Bonchev–Trinajstić information content (AvgIpc) is 3.15. The number of pyridine rings is 1. The SMILES string of the molecule is CCC[C@@H](C)NC(=O)c1cc(C)c2c(-c3ccccc3)nn(-c3cccc(F)c3)c2n1. The van der Waals surface area contributed by atoms with E-state index in [2.05, 4.69) is 17.2 Å². The van der Waals surface area contributed by atoms with Crippen LogP contribution in [0.1, 0.15) is 42.7 Å². The molecular formula is C25H25FN4O. The smallest absolute Gasteiger partial charge is 0.270 e. The highest BCUT2D eigenvalue weighted by molar-refractivity contribution is 5.99. The molecule has 2 aromatic carbocycles. The number of aromatic nitrogens is 3. The minimum Gasteiger partial charge on any atom is -0.348 e. The molecule has 6 heteroatoms. The molecule has 2 heterocycles. The summed E-state index contributed by atoms with van der Waals surface area (Å²) in [5.41, 5.74) is 3.97. The number of amides is 1. The summed E-state index contributed by atoms with van der Waals surface area (Å²) in [5.74, 6) is -0.583. The van der Waals surface area contributed by atoms with Gasteiger partial charge in [0.1, 0.15) is 17.2 Å². The van der Waals surface area contributed by atoms with Crippen LogP contribution in [0.4, 0.5) is 4.39 Å². The number of rotatable bonds is 6. The molecule has 1 N–H and O–H groups in total. The molecular weight excluding hydrogens is 391 g/mol. The number of aryl methyl sites for hydroxylation is 1. The number of nitrogens with zero attached hydrogens (tertiary/aromatic N) is 3. The summed E-state index contributed by atoms with van der Waals surface area (Å²) in [6, 6.07) is 17.9. The van der Waals surface area contributed by atoms with Crippen LogP contribution >= 0.6 is 0 Å². The van der Waals surface area contributed by atoms with Gasteiger partial charge in [-0.3, -0.25) is 4.79 Å². The van der Waals surface area contributed by atoms with Crippen LogP contribution in [0.15, 0.2) is 60.7 Å². The lowest BCUT2D eigenvalue weighted by Gasteiger charge is -2.13. The molecule has 0 radical (unpaired) electrons. The van der Waals surface area contributed by atoms with Gasteiger partial charge in [0.15, 0.2) is 5.65 Å². The number of halogens is 1. The first-order valence-electron chi connectivity index (χ1n) is 10.5. The lowest BCUT2D eigenvalue weighted by Crippen LogP contribution is -2.33. The van der Waals surface area contributed by atoms with Gasteiger partial charge < -0.3 is 5.32 Å². The first kappa shape index (κ1) is 20.7. The Hall–Kier alpha value is -3.54. The van der Waals surface area contributed by atoms with E-state index in [0.29, 0.717) is 17.0 Å². The predicted octanol–water partition coefficient (Wildman–Crippen LogP) is 5.45. The molecule has 0 fully saturated rings. The van der Waals surface area contributed by atoms with Crippen molar-refractivity contribution in [3.05, 3.63) is 77.7 Å². The van der Waals surface area contributed by atoms with Crippen LogP contribution in [-0.2, 0) is 0 Å². The maximum atomic E-state index is 14.0. The minimum absolute atomic E-state index is 0.0586. The number of hydrogen-bond donors (Lipinski definition) is 1. The Morgan fingerprint density at radius 1 is 1.13 bits per heavy atom. The molecule has 0 aliphatic carbocycles. The van der Waals surface area contributed by atoms with Crippen LogP contribution in [0.5, 0.6) is 0 Å². The van der Waals surface area contributed by atoms with Crippen LogP contribution in [0.25, 0.3) is 28.0 Å². The normalized spacial score (nSPS) is 12.1. The van der Waals surface area contributed by atoms with Crippen LogP contribution in [0.2, 0.25) is 0 Å². The average molecular weight is 417 g/mol. The minimum atomic E-state index is -0.360. The van der Waals surface area contributed by atoms with Crippen molar-refractivity contribution < 1.29 is 9.18 Å². The summed E-state index contributed by atoms with van der Waals surface area (Å²) >= 11 is 0. The molecule has 2 aromatic heterocycles. The van der Waals surface area contributed by atoms with Crippen molar-refractivity contribution in [1.82, 2.24) is 20.1 Å². The van der Waals surface area contributed by atoms with Gasteiger partial charge in [0.2, 0.25) is 0 Å². The van der Waals surface area contributed by atoms with Crippen molar-refractivity contribution in [2.24, 2.45) is 0 Å². The molecule has 0 saturated carbocycles. The number of carbonyl (C=O) groups excluding carboxylic acids is 1. The van der Waals surface area contributed by atoms with Crippen LogP contribution in [-0.4, -0.2) is 26.7 Å². The zero-order valence-corrected chi connectivity index (χ0v) is 17.9. The highest BCUT2D eigenvalue weighted by Crippen LogP contribution is 2.31. The summed E-state index contributed by atoms with van der Waals surface area (Å²) < 4.78 is 15.6. The summed E-state index contributed by atoms with van der Waals surface area (Å²) in [7, 11) is 0. The fraction of sp³-hybridized carbons (Fsp3) is 0.240. The van der Waals surface area contributed by atoms with Gasteiger partial charge in [-0.25, -0.2) is 14.1 Å². The molecule has 0 spiro atoms. The van der Waals surface area contributed by atoms with Crippen molar-refractivity contribution in [2.45, 2.75) is 39.7 Å². The molecule has 0 aliphatic heterocycles. The molecule has 0 aliphatic rings. The molecule has 1 amide bonds. The van der Waals surface area contributed by atoms with E-state index < -0.39 is 0 Å². The maximum Gasteiger partial charge on any atom is 0.270 e. The largest absolute Gasteiger partial charge is 0.348 e. The second kappa shape index (κ2) is 8.68. The third-order valence-electron chi connectivity index (χ3n) is 5.27. The van der Waals surface area contributed by atoms with E-state index in [1.54, 1.807) is 22.9 Å². The van der Waals surface area contributed by atoms with Gasteiger partial charge >= 0.3 is 0 Å². The molecule has 1 atom stereocenters. The Kier molecular flexibility index (Phi) is 5.80. The molecule has 31 heavy (non-hydrogen) atoms. The van der Waals surface area contributed by atoms with Crippen LogP contribution in [0, 0.1) is 12.7 Å². The zero-order chi connectivity index (χ0) is 22.0. The van der Waals surface area contributed by atoms with Gasteiger partial charge in [0, 0.05) is 11.6 Å². The number of carbonyl (C=O) groups is 1. The lowest BCUT2D eigenvalue weighted by atomic mass is 10.1. The molecule has 0 unspecified atom stereocenters. The van der Waals surface area contributed by atoms with E-state index in [1.807, 2.05) is 44.2 Å². The summed E-state index contributed by atoms with van der Waals surface area (Å²) in [4.78, 5) is 17.5. The topological polar surface area (TPSA) is 59.8 Å². The third-order valence-corrected chi connectivity index (χ3v) is 5.27. The van der Waals surface area contributed by atoms with Crippen LogP contribution in [0.3, 0.4) is 0 Å². The number of nitrogens with one attached hydrogen (secondary N) is 1. The Balaban J connectivity index is 1.91. The monoisotopic (exact) mass is 416 g/mol. The molecule has 4 rings (SSSR count). The van der Waals surface area contributed by atoms with Gasteiger partial charge in [-0.05, 0) is 50.1 Å². The quantitative estimate of drug-likeness (QED) is 0.454. The molecule has 5 nitrogen and oxygen atoms in total. The highest BCUT2D eigenvalue weighted by atomic mass is 19.1. The fourth-order valence-electron chi connectivity index (χ4n) is 3.80. The van der Waals surface area contributed by atoms with Crippen molar-refractivity contribution in [3.8, 4) is 16.9 Å². The fourth-order valence-corrected chi connectivity index (χ4v) is 3.80. The number of fused-ring (bicyclic) bond motifs is 1. The molecule has 0 saturated heterocycles. The first-order chi connectivity index (χ1) is 15.0. The Labute approximate surface area is 180 Å². The van der Waals surface area contributed by atoms with E-state index in [4.69, 9.17) is 5.10 Å².